The first-order chi connectivity index (χ1) is 6.83. The molecule has 1 heterocycles. The van der Waals surface area contributed by atoms with Crippen LogP contribution >= 0.6 is 0 Å². The molecule has 2 rings (SSSR count). The number of aldehydes is 1. The fraction of sp³-hybridized carbons (Fsp3) is 0.923. The molecule has 2 heteroatoms. The number of rotatable bonds is 2. The summed E-state index contributed by atoms with van der Waals surface area (Å²) in [7, 11) is 0. The largest absolute Gasteiger partial charge is 0.370 e. The second-order valence-electron chi connectivity index (χ2n) is 6.49. The number of carbonyl (C=O) groups excluding carboxylic acids is 1. The molecule has 0 radical (unpaired) electrons. The molecule has 1 saturated heterocycles. The van der Waals surface area contributed by atoms with Crippen molar-refractivity contribution in [3.8, 4) is 0 Å². The smallest absolute Gasteiger partial charge is 0.123 e. The van der Waals surface area contributed by atoms with E-state index in [1.54, 1.807) is 0 Å². The Morgan fingerprint density at radius 2 is 1.67 bits per heavy atom. The average Bonchev–Trinajstić information content (AvgIpc) is 2.75. The van der Waals surface area contributed by atoms with Crippen molar-refractivity contribution in [3.63, 3.8) is 0 Å². The minimum Gasteiger partial charge on any atom is -0.370 e. The second-order valence-corrected chi connectivity index (χ2v) is 6.49. The van der Waals surface area contributed by atoms with Crippen molar-refractivity contribution in [2.24, 2.45) is 17.8 Å². The van der Waals surface area contributed by atoms with Crippen molar-refractivity contribution in [1.29, 1.82) is 0 Å². The lowest BCUT2D eigenvalue weighted by molar-refractivity contribution is -0.175. The summed E-state index contributed by atoms with van der Waals surface area (Å²) in [6, 6.07) is 0. The molecule has 2 aliphatic rings. The molecule has 15 heavy (non-hydrogen) atoms. The third kappa shape index (κ3) is 2.41. The minimum atomic E-state index is -0.0254. The van der Waals surface area contributed by atoms with Crippen molar-refractivity contribution in [3.05, 3.63) is 0 Å². The molecule has 2 nitrogen and oxygen atoms in total. The van der Waals surface area contributed by atoms with E-state index in [1.807, 2.05) is 0 Å². The Morgan fingerprint density at radius 3 is 2.07 bits per heavy atom. The fourth-order valence-corrected chi connectivity index (χ4v) is 3.40. The van der Waals surface area contributed by atoms with Crippen molar-refractivity contribution >= 4 is 6.29 Å². The normalized spacial score (nSPS) is 38.7. The summed E-state index contributed by atoms with van der Waals surface area (Å²) < 4.78 is 6.05. The van der Waals surface area contributed by atoms with E-state index in [1.165, 1.54) is 0 Å². The van der Waals surface area contributed by atoms with Gasteiger partial charge in [-0.2, -0.15) is 0 Å². The van der Waals surface area contributed by atoms with Gasteiger partial charge in [0.1, 0.15) is 6.29 Å². The highest BCUT2D eigenvalue weighted by Gasteiger charge is 2.49. The van der Waals surface area contributed by atoms with E-state index in [0.717, 1.165) is 25.5 Å². The number of hydrogen-bond donors (Lipinski definition) is 0. The summed E-state index contributed by atoms with van der Waals surface area (Å²) in [5.74, 6) is 1.67. The van der Waals surface area contributed by atoms with Crippen molar-refractivity contribution in [2.45, 2.75) is 58.2 Å². The third-order valence-electron chi connectivity index (χ3n) is 3.73. The Balaban J connectivity index is 2.04. The number of hydrogen-bond acceptors (Lipinski definition) is 2. The highest BCUT2D eigenvalue weighted by atomic mass is 16.5. The van der Waals surface area contributed by atoms with Gasteiger partial charge in [-0.3, -0.25) is 0 Å². The Kier molecular flexibility index (Phi) is 2.45. The quantitative estimate of drug-likeness (QED) is 0.655. The molecule has 1 aliphatic heterocycles. The predicted octanol–water partition coefficient (Wildman–Crippen LogP) is 2.81. The summed E-state index contributed by atoms with van der Waals surface area (Å²) in [6.45, 7) is 8.66. The van der Waals surface area contributed by atoms with E-state index in [0.29, 0.717) is 17.8 Å². The number of carbonyl (C=O) groups is 1. The molecule has 0 spiro atoms. The molecule has 2 atom stereocenters. The molecule has 0 bridgehead atoms. The van der Waals surface area contributed by atoms with Gasteiger partial charge in [0.25, 0.3) is 0 Å². The van der Waals surface area contributed by atoms with Gasteiger partial charge >= 0.3 is 0 Å². The van der Waals surface area contributed by atoms with Crippen LogP contribution in [0.25, 0.3) is 0 Å². The van der Waals surface area contributed by atoms with Crippen LogP contribution in [0.15, 0.2) is 0 Å². The second kappa shape index (κ2) is 3.31. The Morgan fingerprint density at radius 1 is 1.13 bits per heavy atom. The van der Waals surface area contributed by atoms with E-state index in [-0.39, 0.29) is 11.2 Å². The van der Waals surface area contributed by atoms with Gasteiger partial charge in [-0.15, -0.1) is 0 Å². The first-order valence-corrected chi connectivity index (χ1v) is 5.98. The molecular formula is C13H22O2. The Hall–Kier alpha value is -0.370. The van der Waals surface area contributed by atoms with E-state index in [4.69, 9.17) is 4.74 Å². The molecule has 0 unspecified atom stereocenters. The van der Waals surface area contributed by atoms with Crippen molar-refractivity contribution in [2.75, 3.05) is 0 Å². The highest BCUT2D eigenvalue weighted by molar-refractivity contribution is 5.58. The topological polar surface area (TPSA) is 26.3 Å². The van der Waals surface area contributed by atoms with E-state index in [9.17, 15) is 4.79 Å². The van der Waals surface area contributed by atoms with Gasteiger partial charge < -0.3 is 9.53 Å². The predicted molar refractivity (Wildman–Crippen MR) is 59.6 cm³/mol. The molecule has 0 aromatic rings. The molecule has 0 aromatic carbocycles. The van der Waals surface area contributed by atoms with Crippen LogP contribution < -0.4 is 0 Å². The van der Waals surface area contributed by atoms with Crippen LogP contribution in [0.5, 0.6) is 0 Å². The zero-order valence-electron chi connectivity index (χ0n) is 10.2. The molecule has 2 fully saturated rings. The summed E-state index contributed by atoms with van der Waals surface area (Å²) in [5.41, 5.74) is -0.0507. The first kappa shape index (κ1) is 11.1. The van der Waals surface area contributed by atoms with E-state index in [2.05, 4.69) is 27.7 Å². The summed E-state index contributed by atoms with van der Waals surface area (Å²) in [4.78, 5) is 10.7. The molecule has 0 amide bonds. The van der Waals surface area contributed by atoms with Crippen LogP contribution in [-0.2, 0) is 9.53 Å². The van der Waals surface area contributed by atoms with Crippen LogP contribution in [-0.4, -0.2) is 17.5 Å². The SMILES string of the molecule is CC1(C)CC([C@@H]2C[C@H]2C=O)CC(C)(C)O1. The molecule has 86 valence electrons. The standard InChI is InChI=1S/C13H22O2/c1-12(2)6-10(7-13(3,4)15-12)11-5-9(11)8-14/h8-11H,5-7H2,1-4H3/t9-,11+/m0/s1. The maximum Gasteiger partial charge on any atom is 0.123 e. The highest BCUT2D eigenvalue weighted by Crippen LogP contribution is 2.52. The minimum absolute atomic E-state index is 0.0254. The molecule has 1 saturated carbocycles. The van der Waals surface area contributed by atoms with Gasteiger partial charge in [0.15, 0.2) is 0 Å². The summed E-state index contributed by atoms with van der Waals surface area (Å²) >= 11 is 0. The number of ether oxygens (including phenoxy) is 1. The first-order valence-electron chi connectivity index (χ1n) is 5.98. The van der Waals surface area contributed by atoms with E-state index < -0.39 is 0 Å². The van der Waals surface area contributed by atoms with Gasteiger partial charge in [-0.05, 0) is 58.8 Å². The Bertz CT molecular complexity index is 252. The lowest BCUT2D eigenvalue weighted by atomic mass is 9.78. The zero-order valence-corrected chi connectivity index (χ0v) is 10.2. The van der Waals surface area contributed by atoms with Gasteiger partial charge in [0.2, 0.25) is 0 Å². The fourth-order valence-electron chi connectivity index (χ4n) is 3.40. The van der Waals surface area contributed by atoms with Crippen LogP contribution in [0.4, 0.5) is 0 Å². The molecule has 0 aromatic heterocycles. The molecular weight excluding hydrogens is 188 g/mol. The van der Waals surface area contributed by atoms with Crippen LogP contribution in [0.2, 0.25) is 0 Å². The monoisotopic (exact) mass is 210 g/mol. The zero-order chi connectivity index (χ0) is 11.3. The molecule has 0 N–H and O–H groups in total. The summed E-state index contributed by atoms with van der Waals surface area (Å²) in [5, 5.41) is 0. The van der Waals surface area contributed by atoms with E-state index >= 15 is 0 Å². The summed E-state index contributed by atoms with van der Waals surface area (Å²) in [6.07, 6.45) is 4.46. The van der Waals surface area contributed by atoms with Gasteiger partial charge in [-0.25, -0.2) is 0 Å². The van der Waals surface area contributed by atoms with Crippen molar-refractivity contribution < 1.29 is 9.53 Å². The maximum atomic E-state index is 10.7. The van der Waals surface area contributed by atoms with Gasteiger partial charge in [0, 0.05) is 5.92 Å². The van der Waals surface area contributed by atoms with Crippen LogP contribution in [0.1, 0.15) is 47.0 Å². The van der Waals surface area contributed by atoms with Gasteiger partial charge in [0.05, 0.1) is 11.2 Å². The maximum absolute atomic E-state index is 10.7. The third-order valence-corrected chi connectivity index (χ3v) is 3.73. The average molecular weight is 210 g/mol. The Labute approximate surface area is 92.4 Å². The van der Waals surface area contributed by atoms with Gasteiger partial charge in [-0.1, -0.05) is 0 Å². The molecule has 1 aliphatic carbocycles. The lowest BCUT2D eigenvalue weighted by Gasteiger charge is -2.45. The van der Waals surface area contributed by atoms with Crippen LogP contribution in [0, 0.1) is 17.8 Å². The van der Waals surface area contributed by atoms with Crippen molar-refractivity contribution in [1.82, 2.24) is 0 Å². The lowest BCUT2D eigenvalue weighted by Crippen LogP contribution is -2.45. The van der Waals surface area contributed by atoms with Crippen LogP contribution in [0.3, 0.4) is 0 Å².